The summed E-state index contributed by atoms with van der Waals surface area (Å²) < 4.78 is 8.83. The van der Waals surface area contributed by atoms with Crippen LogP contribution >= 0.6 is 29.3 Å². The fraction of sp³-hybridized carbons (Fsp3) is 0.750. The molecule has 1 aromatic rings. The Balaban J connectivity index is 2.08. The quantitative estimate of drug-likeness (QED) is 0.166. The summed E-state index contributed by atoms with van der Waals surface area (Å²) in [5, 5.41) is 3.15. The van der Waals surface area contributed by atoms with E-state index in [0.717, 1.165) is 0 Å². The number of halogens is 2. The third kappa shape index (κ3) is 5.12. The highest BCUT2D eigenvalue weighted by Crippen LogP contribution is 2.85. The molecule has 2 fully saturated rings. The van der Waals surface area contributed by atoms with Crippen molar-refractivity contribution in [2.45, 2.75) is 164 Å². The number of hydrogen-bond acceptors (Lipinski definition) is 4. The zero-order valence-electron chi connectivity index (χ0n) is 31.3. The van der Waals surface area contributed by atoms with Gasteiger partial charge in [0.1, 0.15) is 0 Å². The molecule has 0 amide bonds. The molecule has 0 N–H and O–H groups in total. The van der Waals surface area contributed by atoms with Gasteiger partial charge in [0.05, 0.1) is 5.04 Å². The van der Waals surface area contributed by atoms with Crippen LogP contribution in [0.4, 0.5) is 5.69 Å². The molecule has 4 nitrogen and oxygen atoms in total. The van der Waals surface area contributed by atoms with Gasteiger partial charge >= 0.3 is 6.86 Å². The summed E-state index contributed by atoms with van der Waals surface area (Å²) in [6.07, 6.45) is 3.78. The Bertz CT molecular complexity index is 1370. The normalized spacial score (nSPS) is 26.5. The lowest BCUT2D eigenvalue weighted by atomic mass is 9.92. The van der Waals surface area contributed by atoms with Gasteiger partial charge in [-0.05, 0) is 136 Å². The Labute approximate surface area is 288 Å². The Hall–Kier alpha value is -0.0462. The minimum absolute atomic E-state index is 0.0184. The number of hydrogen-bond donors (Lipinski definition) is 0. The van der Waals surface area contributed by atoms with Gasteiger partial charge in [-0.25, -0.2) is 0 Å². The second kappa shape index (κ2) is 11.5. The SMILES string of the molecule is CC(C)c1cccc(C(C)C)c1N1C2=C(C3CCC2C3)P2(=C(N(C(C)C)C(C)C)[Si]1(Cl)Cl)N(C(C)(C)C)[Si](C)(C)N2C(C)(C)C. The average molecular weight is 710 g/mol. The van der Waals surface area contributed by atoms with E-state index in [4.69, 9.17) is 22.2 Å². The highest BCUT2D eigenvalue weighted by atomic mass is 35.7. The van der Waals surface area contributed by atoms with Crippen molar-refractivity contribution >= 4 is 55.3 Å². The van der Waals surface area contributed by atoms with E-state index in [9.17, 15) is 0 Å². The zero-order valence-corrected chi connectivity index (χ0v) is 35.7. The van der Waals surface area contributed by atoms with E-state index in [0.29, 0.717) is 23.7 Å². The Morgan fingerprint density at radius 1 is 0.778 bits per heavy atom. The standard InChI is InChI=1S/C36H63Cl2N4PSi2/c1-23(2)29-18-17-19-30(24(3)4)32(29)40-31-27-20-21-28(22-27)33(31)43(34(45(40,37)38)39(25(5)6)26(7)8)41(35(9,10)11)44(15,16)42(43)36(12,13)14/h17-19,23-28H,20-22H2,1-16H3. The van der Waals surface area contributed by atoms with Crippen molar-refractivity contribution in [1.29, 1.82) is 0 Å². The van der Waals surface area contributed by atoms with E-state index < -0.39 is 22.4 Å². The molecule has 1 saturated heterocycles. The first-order chi connectivity index (χ1) is 20.5. The molecule has 2 heterocycles. The van der Waals surface area contributed by atoms with Crippen LogP contribution in [0.1, 0.15) is 139 Å². The molecule has 2 aliphatic heterocycles. The van der Waals surface area contributed by atoms with E-state index in [1.807, 2.05) is 0 Å². The van der Waals surface area contributed by atoms with Gasteiger partial charge in [0.25, 0.3) is 0 Å². The summed E-state index contributed by atoms with van der Waals surface area (Å²) in [6, 6.07) is 7.52. The molecule has 1 aromatic carbocycles. The monoisotopic (exact) mass is 708 g/mol. The molecule has 4 aliphatic rings. The van der Waals surface area contributed by atoms with E-state index in [-0.39, 0.29) is 23.2 Å². The van der Waals surface area contributed by atoms with Gasteiger partial charge in [0, 0.05) is 47.0 Å². The molecule has 2 atom stereocenters. The smallest absolute Gasteiger partial charge is 0.342 e. The van der Waals surface area contributed by atoms with Crippen molar-refractivity contribution in [2.24, 2.45) is 11.8 Å². The lowest BCUT2D eigenvalue weighted by Crippen LogP contribution is -2.82. The lowest BCUT2D eigenvalue weighted by molar-refractivity contribution is 0.233. The number of anilines is 1. The zero-order chi connectivity index (χ0) is 34.0. The molecule has 0 radical (unpaired) electrons. The number of fused-ring (bicyclic) bond motifs is 5. The summed E-state index contributed by atoms with van der Waals surface area (Å²) in [5.74, 6) is 1.84. The molecule has 2 aliphatic carbocycles. The fourth-order valence-electron chi connectivity index (χ4n) is 10.4. The number of nitrogens with zero attached hydrogens (tertiary/aromatic N) is 4. The third-order valence-electron chi connectivity index (χ3n) is 10.7. The van der Waals surface area contributed by atoms with E-state index in [2.05, 4.69) is 146 Å². The first-order valence-corrected chi connectivity index (χ1v) is 26.2. The van der Waals surface area contributed by atoms with E-state index in [1.165, 1.54) is 46.8 Å². The van der Waals surface area contributed by atoms with Crippen molar-refractivity contribution in [3.63, 3.8) is 0 Å². The maximum Gasteiger partial charge on any atom is 0.404 e. The van der Waals surface area contributed by atoms with Crippen LogP contribution in [0.2, 0.25) is 13.1 Å². The Morgan fingerprint density at radius 2 is 1.22 bits per heavy atom. The van der Waals surface area contributed by atoms with E-state index in [1.54, 1.807) is 5.31 Å². The maximum atomic E-state index is 8.51. The van der Waals surface area contributed by atoms with Gasteiger partial charge in [-0.3, -0.25) is 13.6 Å². The van der Waals surface area contributed by atoms with Crippen LogP contribution in [0.5, 0.6) is 0 Å². The lowest BCUT2D eigenvalue weighted by Gasteiger charge is -2.77. The largest absolute Gasteiger partial charge is 0.404 e. The van der Waals surface area contributed by atoms with Crippen molar-refractivity contribution in [3.8, 4) is 0 Å². The molecular weight excluding hydrogens is 646 g/mol. The van der Waals surface area contributed by atoms with Crippen LogP contribution in [0.15, 0.2) is 29.2 Å². The van der Waals surface area contributed by atoms with Crippen molar-refractivity contribution in [1.82, 2.24) is 13.6 Å². The van der Waals surface area contributed by atoms with Crippen molar-refractivity contribution < 1.29 is 0 Å². The topological polar surface area (TPSA) is 13.0 Å². The molecule has 2 unspecified atom stereocenters. The fourth-order valence-corrected chi connectivity index (χ4v) is 35.7. The van der Waals surface area contributed by atoms with Crippen LogP contribution in [-0.4, -0.2) is 57.0 Å². The number of allylic oxidation sites excluding steroid dienone is 2. The van der Waals surface area contributed by atoms with Crippen molar-refractivity contribution in [2.75, 3.05) is 4.57 Å². The summed E-state index contributed by atoms with van der Waals surface area (Å²) in [6.45, 7) is 35.4. The molecule has 9 heteroatoms. The number of rotatable bonds is 6. The summed E-state index contributed by atoms with van der Waals surface area (Å²) in [4.78, 5) is 2.72. The average Bonchev–Trinajstić information content (AvgIpc) is 3.45. The number of para-hydroxylation sites is 1. The third-order valence-corrected chi connectivity index (χ3v) is 29.8. The number of benzene rings is 1. The van der Waals surface area contributed by atoms with Gasteiger partial charge in [-0.2, -0.15) is 0 Å². The highest BCUT2D eigenvalue weighted by molar-refractivity contribution is 7.91. The molecular formula is C36H63Cl2N4PSi2. The van der Waals surface area contributed by atoms with Crippen LogP contribution in [0.3, 0.4) is 0 Å². The van der Waals surface area contributed by atoms with Crippen molar-refractivity contribution in [3.05, 3.63) is 40.3 Å². The molecule has 254 valence electrons. The molecule has 1 saturated carbocycles. The molecule has 1 spiro atoms. The Morgan fingerprint density at radius 3 is 1.62 bits per heavy atom. The van der Waals surface area contributed by atoms with Gasteiger partial charge in [0.15, 0.2) is 0 Å². The summed E-state index contributed by atoms with van der Waals surface area (Å²) >= 11 is 17.0. The predicted molar refractivity (Wildman–Crippen MR) is 207 cm³/mol. The van der Waals surface area contributed by atoms with Crippen LogP contribution in [-0.2, 0) is 0 Å². The second-order valence-corrected chi connectivity index (χ2v) is 31.8. The van der Waals surface area contributed by atoms with Gasteiger partial charge in [-0.1, -0.05) is 45.9 Å². The Kier molecular flexibility index (Phi) is 9.27. The first kappa shape index (κ1) is 36.2. The van der Waals surface area contributed by atoms with Crippen LogP contribution in [0, 0.1) is 11.8 Å². The van der Waals surface area contributed by atoms with Crippen LogP contribution < -0.4 is 4.57 Å². The maximum absolute atomic E-state index is 8.51. The molecule has 2 bridgehead atoms. The predicted octanol–water partition coefficient (Wildman–Crippen LogP) is 11.4. The summed E-state index contributed by atoms with van der Waals surface area (Å²) in [7, 11) is -4.40. The van der Waals surface area contributed by atoms with Gasteiger partial charge < -0.3 is 4.57 Å². The second-order valence-electron chi connectivity index (χ2n) is 17.9. The van der Waals surface area contributed by atoms with Crippen LogP contribution in [0.25, 0.3) is 0 Å². The van der Waals surface area contributed by atoms with Gasteiger partial charge in [0.2, 0.25) is 8.40 Å². The highest BCUT2D eigenvalue weighted by Gasteiger charge is 2.74. The minimum atomic E-state index is -3.41. The van der Waals surface area contributed by atoms with Gasteiger partial charge in [-0.15, -0.1) is 22.2 Å². The molecule has 5 rings (SSSR count). The molecule has 45 heavy (non-hydrogen) atoms. The van der Waals surface area contributed by atoms with E-state index >= 15 is 0 Å². The molecule has 0 aromatic heterocycles. The summed E-state index contributed by atoms with van der Waals surface area (Å²) in [5.41, 5.74) is 5.59. The minimum Gasteiger partial charge on any atom is -0.342 e. The first-order valence-electron chi connectivity index (χ1n) is 17.7.